The molecule has 0 unspecified atom stereocenters. The molecule has 2 aromatic heterocycles. The highest BCUT2D eigenvalue weighted by Gasteiger charge is 2.15. The van der Waals surface area contributed by atoms with Crippen LogP contribution in [0.5, 0.6) is 5.88 Å². The predicted octanol–water partition coefficient (Wildman–Crippen LogP) is 2.91. The van der Waals surface area contributed by atoms with Gasteiger partial charge in [-0.3, -0.25) is 4.79 Å². The van der Waals surface area contributed by atoms with Gasteiger partial charge in [-0.15, -0.1) is 0 Å². The van der Waals surface area contributed by atoms with Crippen molar-refractivity contribution in [1.29, 1.82) is 0 Å². The summed E-state index contributed by atoms with van der Waals surface area (Å²) >= 11 is 0. The third-order valence-corrected chi connectivity index (χ3v) is 5.73. The number of nitrogens with one attached hydrogen (secondary N) is 2. The molecule has 10 heteroatoms. The van der Waals surface area contributed by atoms with E-state index in [4.69, 9.17) is 9.84 Å². The Bertz CT molecular complexity index is 1260. The summed E-state index contributed by atoms with van der Waals surface area (Å²) in [4.78, 5) is 21.1. The van der Waals surface area contributed by atoms with Crippen LogP contribution in [0, 0.1) is 6.92 Å². The van der Waals surface area contributed by atoms with Gasteiger partial charge in [0, 0.05) is 42.0 Å². The molecule has 0 atom stereocenters. The number of aryl methyl sites for hydroxylation is 1. The number of carbonyl (C=O) groups excluding carboxylic acids is 1. The van der Waals surface area contributed by atoms with Crippen molar-refractivity contribution >= 4 is 27.1 Å². The van der Waals surface area contributed by atoms with Gasteiger partial charge < -0.3 is 20.5 Å². The maximum atomic E-state index is 12.9. The number of carbonyl (C=O) groups is 1. The summed E-state index contributed by atoms with van der Waals surface area (Å²) in [6.07, 6.45) is 4.06. The number of rotatable bonds is 9. The van der Waals surface area contributed by atoms with Gasteiger partial charge in [-0.25, -0.2) is 18.4 Å². The zero-order valence-electron chi connectivity index (χ0n) is 18.6. The number of aliphatic hydroxyl groups excluding tert-OH is 1. The third-order valence-electron chi connectivity index (χ3n) is 4.74. The topological polar surface area (TPSA) is 131 Å². The molecule has 174 valence electrons. The first kappa shape index (κ1) is 24.1. The molecular weight excluding hydrogens is 444 g/mol. The standard InChI is InChI=1S/C23H26N4O5S/c1-4-32-23-20(24-9-10-28)12-17(14-26-23)19-11-16(6-5-15(19)2)22(29)27-18-7-8-25-21(13-18)33(3,30)31/h5-8,11-14,24,28H,4,9-10H2,1-3H3,(H,25,27,29). The molecule has 0 aliphatic rings. The van der Waals surface area contributed by atoms with E-state index < -0.39 is 9.84 Å². The Morgan fingerprint density at radius 2 is 1.94 bits per heavy atom. The Morgan fingerprint density at radius 3 is 2.64 bits per heavy atom. The Kier molecular flexibility index (Phi) is 7.62. The van der Waals surface area contributed by atoms with E-state index in [1.807, 2.05) is 26.0 Å². The van der Waals surface area contributed by atoms with Crippen LogP contribution in [0.4, 0.5) is 11.4 Å². The van der Waals surface area contributed by atoms with Crippen LogP contribution in [0.15, 0.2) is 53.8 Å². The van der Waals surface area contributed by atoms with E-state index in [-0.39, 0.29) is 17.5 Å². The van der Waals surface area contributed by atoms with Gasteiger partial charge in [-0.2, -0.15) is 0 Å². The summed E-state index contributed by atoms with van der Waals surface area (Å²) in [5.74, 6) is 0.0417. The highest BCUT2D eigenvalue weighted by molar-refractivity contribution is 7.90. The molecule has 0 fully saturated rings. The molecule has 1 aromatic carbocycles. The number of hydrogen-bond donors (Lipinski definition) is 3. The highest BCUT2D eigenvalue weighted by atomic mass is 32.2. The number of sulfone groups is 1. The van der Waals surface area contributed by atoms with Gasteiger partial charge in [0.15, 0.2) is 14.9 Å². The first-order chi connectivity index (χ1) is 15.7. The molecule has 3 aromatic rings. The SMILES string of the molecule is CCOc1ncc(-c2cc(C(=O)Nc3ccnc(S(C)(=O)=O)c3)ccc2C)cc1NCCO. The fraction of sp³-hybridized carbons (Fsp3) is 0.261. The maximum absolute atomic E-state index is 12.9. The molecule has 0 saturated carbocycles. The number of pyridine rings is 2. The Labute approximate surface area is 192 Å². The molecule has 2 heterocycles. The van der Waals surface area contributed by atoms with E-state index in [0.29, 0.717) is 36.0 Å². The fourth-order valence-corrected chi connectivity index (χ4v) is 3.73. The minimum atomic E-state index is -3.49. The average molecular weight is 471 g/mol. The maximum Gasteiger partial charge on any atom is 0.255 e. The predicted molar refractivity (Wildman–Crippen MR) is 126 cm³/mol. The second-order valence-electron chi connectivity index (χ2n) is 7.30. The minimum Gasteiger partial charge on any atom is -0.476 e. The lowest BCUT2D eigenvalue weighted by Crippen LogP contribution is -2.13. The number of amides is 1. The molecule has 0 radical (unpaired) electrons. The molecule has 0 aliphatic carbocycles. The normalized spacial score (nSPS) is 11.2. The van der Waals surface area contributed by atoms with E-state index in [1.165, 1.54) is 18.3 Å². The first-order valence-corrected chi connectivity index (χ1v) is 12.2. The van der Waals surface area contributed by atoms with Gasteiger partial charge in [-0.05, 0) is 55.3 Å². The van der Waals surface area contributed by atoms with Crippen LogP contribution in [0.2, 0.25) is 0 Å². The first-order valence-electron chi connectivity index (χ1n) is 10.3. The van der Waals surface area contributed by atoms with Crippen molar-refractivity contribution in [2.45, 2.75) is 18.9 Å². The Balaban J connectivity index is 1.91. The third kappa shape index (κ3) is 6.05. The van der Waals surface area contributed by atoms with Gasteiger partial charge in [0.1, 0.15) is 0 Å². The molecule has 9 nitrogen and oxygen atoms in total. The fourth-order valence-electron chi connectivity index (χ4n) is 3.14. The van der Waals surface area contributed by atoms with Crippen molar-refractivity contribution in [3.05, 3.63) is 59.9 Å². The van der Waals surface area contributed by atoms with Gasteiger partial charge in [0.05, 0.1) is 18.9 Å². The molecule has 0 aliphatic heterocycles. The Morgan fingerprint density at radius 1 is 1.15 bits per heavy atom. The van der Waals surface area contributed by atoms with Crippen LogP contribution in [-0.2, 0) is 9.84 Å². The van der Waals surface area contributed by atoms with Crippen LogP contribution in [0.25, 0.3) is 11.1 Å². The van der Waals surface area contributed by atoms with E-state index in [1.54, 1.807) is 18.3 Å². The highest BCUT2D eigenvalue weighted by Crippen LogP contribution is 2.31. The summed E-state index contributed by atoms with van der Waals surface area (Å²) in [5.41, 5.74) is 3.88. The summed E-state index contributed by atoms with van der Waals surface area (Å²) in [6.45, 7) is 4.54. The molecule has 33 heavy (non-hydrogen) atoms. The van der Waals surface area contributed by atoms with E-state index >= 15 is 0 Å². The molecule has 0 bridgehead atoms. The summed E-state index contributed by atoms with van der Waals surface area (Å²) in [7, 11) is -3.49. The second kappa shape index (κ2) is 10.4. The van der Waals surface area contributed by atoms with Crippen LogP contribution < -0.4 is 15.4 Å². The molecule has 0 spiro atoms. The summed E-state index contributed by atoms with van der Waals surface area (Å²) < 4.78 is 29.0. The molecule has 3 N–H and O–H groups in total. The molecular formula is C23H26N4O5S. The number of aliphatic hydroxyl groups is 1. The summed E-state index contributed by atoms with van der Waals surface area (Å²) in [5, 5.41) is 14.8. The van der Waals surface area contributed by atoms with Crippen molar-refractivity contribution in [2.24, 2.45) is 0 Å². The van der Waals surface area contributed by atoms with Crippen molar-refractivity contribution < 1.29 is 23.1 Å². The molecule has 3 rings (SSSR count). The van der Waals surface area contributed by atoms with Crippen molar-refractivity contribution in [1.82, 2.24) is 9.97 Å². The number of benzene rings is 1. The van der Waals surface area contributed by atoms with Crippen molar-refractivity contribution in [2.75, 3.05) is 36.6 Å². The van der Waals surface area contributed by atoms with Crippen LogP contribution >= 0.6 is 0 Å². The smallest absolute Gasteiger partial charge is 0.255 e. The number of anilines is 2. The van der Waals surface area contributed by atoms with Crippen molar-refractivity contribution in [3.8, 4) is 17.0 Å². The van der Waals surface area contributed by atoms with E-state index in [9.17, 15) is 13.2 Å². The molecule has 0 saturated heterocycles. The van der Waals surface area contributed by atoms with Crippen molar-refractivity contribution in [3.63, 3.8) is 0 Å². The zero-order chi connectivity index (χ0) is 24.0. The van der Waals surface area contributed by atoms with Gasteiger partial charge >= 0.3 is 0 Å². The lowest BCUT2D eigenvalue weighted by molar-refractivity contribution is 0.102. The molecule has 1 amide bonds. The number of hydrogen-bond acceptors (Lipinski definition) is 8. The Hall–Kier alpha value is -3.50. The quantitative estimate of drug-likeness (QED) is 0.435. The monoisotopic (exact) mass is 470 g/mol. The lowest BCUT2D eigenvalue weighted by Gasteiger charge is -2.14. The van der Waals surface area contributed by atoms with Crippen LogP contribution in [0.1, 0.15) is 22.8 Å². The number of aromatic nitrogens is 2. The zero-order valence-corrected chi connectivity index (χ0v) is 19.4. The largest absolute Gasteiger partial charge is 0.476 e. The van der Waals surface area contributed by atoms with Gasteiger partial charge in [0.2, 0.25) is 5.88 Å². The second-order valence-corrected chi connectivity index (χ2v) is 9.26. The number of ether oxygens (including phenoxy) is 1. The van der Waals surface area contributed by atoms with Crippen LogP contribution in [0.3, 0.4) is 0 Å². The van der Waals surface area contributed by atoms with E-state index in [2.05, 4.69) is 20.6 Å². The number of nitrogens with zero attached hydrogens (tertiary/aromatic N) is 2. The lowest BCUT2D eigenvalue weighted by atomic mass is 9.98. The summed E-state index contributed by atoms with van der Waals surface area (Å²) in [6, 6.07) is 9.97. The minimum absolute atomic E-state index is 0.0411. The van der Waals surface area contributed by atoms with E-state index in [0.717, 1.165) is 22.9 Å². The van der Waals surface area contributed by atoms with Gasteiger partial charge in [-0.1, -0.05) is 6.07 Å². The van der Waals surface area contributed by atoms with Crippen LogP contribution in [-0.4, -0.2) is 55.4 Å². The average Bonchev–Trinajstić information content (AvgIpc) is 2.78. The van der Waals surface area contributed by atoms with Gasteiger partial charge in [0.25, 0.3) is 5.91 Å².